The standard InChI is InChI=1S/C21H24O6/c1-16(27-21(23)18-11-7-4-8-12-18)19(13-20(22)24-2)26-15-25-14-17-9-5-3-6-10-17/h3-12,16,19H,13-15H2,1-2H3/t16-,19+/m1/s1. The summed E-state index contributed by atoms with van der Waals surface area (Å²) in [5, 5.41) is 0. The molecule has 0 fully saturated rings. The van der Waals surface area contributed by atoms with E-state index in [1.165, 1.54) is 7.11 Å². The van der Waals surface area contributed by atoms with Gasteiger partial charge in [-0.2, -0.15) is 0 Å². The van der Waals surface area contributed by atoms with E-state index in [1.807, 2.05) is 36.4 Å². The van der Waals surface area contributed by atoms with E-state index in [2.05, 4.69) is 0 Å². The highest BCUT2D eigenvalue weighted by Crippen LogP contribution is 2.13. The Labute approximate surface area is 159 Å². The quantitative estimate of drug-likeness (QED) is 0.362. The predicted molar refractivity (Wildman–Crippen MR) is 98.9 cm³/mol. The predicted octanol–water partition coefficient (Wildman–Crippen LogP) is 3.35. The Morgan fingerprint density at radius 1 is 0.963 bits per heavy atom. The van der Waals surface area contributed by atoms with Gasteiger partial charge in [-0.05, 0) is 24.6 Å². The smallest absolute Gasteiger partial charge is 0.338 e. The molecule has 2 rings (SSSR count). The van der Waals surface area contributed by atoms with Crippen LogP contribution in [0, 0.1) is 0 Å². The minimum Gasteiger partial charge on any atom is -0.469 e. The Bertz CT molecular complexity index is 701. The molecule has 0 aromatic heterocycles. The molecule has 0 spiro atoms. The minimum atomic E-state index is -0.680. The van der Waals surface area contributed by atoms with E-state index >= 15 is 0 Å². The maximum atomic E-state index is 12.2. The van der Waals surface area contributed by atoms with Gasteiger partial charge in [0.15, 0.2) is 0 Å². The summed E-state index contributed by atoms with van der Waals surface area (Å²) in [5.74, 6) is -0.933. The second-order valence-electron chi connectivity index (χ2n) is 5.91. The van der Waals surface area contributed by atoms with Gasteiger partial charge in [-0.1, -0.05) is 48.5 Å². The summed E-state index contributed by atoms with van der Waals surface area (Å²) in [6, 6.07) is 18.3. The summed E-state index contributed by atoms with van der Waals surface area (Å²) in [6.07, 6.45) is -1.38. The summed E-state index contributed by atoms with van der Waals surface area (Å²) < 4.78 is 21.3. The summed E-state index contributed by atoms with van der Waals surface area (Å²) in [7, 11) is 1.30. The third-order valence-electron chi connectivity index (χ3n) is 3.90. The van der Waals surface area contributed by atoms with Crippen LogP contribution in [-0.4, -0.2) is 38.0 Å². The lowest BCUT2D eigenvalue weighted by Crippen LogP contribution is -2.34. The normalized spacial score (nSPS) is 12.8. The van der Waals surface area contributed by atoms with E-state index < -0.39 is 24.1 Å². The molecule has 0 aliphatic carbocycles. The first-order valence-electron chi connectivity index (χ1n) is 8.66. The number of carbonyl (C=O) groups is 2. The molecule has 0 saturated carbocycles. The maximum absolute atomic E-state index is 12.2. The molecule has 2 aromatic rings. The molecule has 6 heteroatoms. The van der Waals surface area contributed by atoms with Crippen LogP contribution in [-0.2, 0) is 30.3 Å². The fraction of sp³-hybridized carbons (Fsp3) is 0.333. The molecule has 27 heavy (non-hydrogen) atoms. The highest BCUT2D eigenvalue weighted by molar-refractivity contribution is 5.89. The van der Waals surface area contributed by atoms with Crippen LogP contribution in [0.25, 0.3) is 0 Å². The van der Waals surface area contributed by atoms with Crippen molar-refractivity contribution in [2.24, 2.45) is 0 Å². The van der Waals surface area contributed by atoms with Crippen LogP contribution in [0.3, 0.4) is 0 Å². The topological polar surface area (TPSA) is 71.1 Å². The van der Waals surface area contributed by atoms with E-state index in [1.54, 1.807) is 31.2 Å². The molecule has 0 bridgehead atoms. The minimum absolute atomic E-state index is 0.0379. The van der Waals surface area contributed by atoms with Crippen molar-refractivity contribution in [1.82, 2.24) is 0 Å². The zero-order chi connectivity index (χ0) is 19.5. The van der Waals surface area contributed by atoms with Crippen LogP contribution < -0.4 is 0 Å². The van der Waals surface area contributed by atoms with Gasteiger partial charge >= 0.3 is 11.9 Å². The Hall–Kier alpha value is -2.70. The van der Waals surface area contributed by atoms with Crippen molar-refractivity contribution in [2.75, 3.05) is 13.9 Å². The molecular weight excluding hydrogens is 348 g/mol. The van der Waals surface area contributed by atoms with Gasteiger partial charge in [0.2, 0.25) is 0 Å². The number of benzene rings is 2. The molecule has 0 amide bonds. The fourth-order valence-corrected chi connectivity index (χ4v) is 2.36. The maximum Gasteiger partial charge on any atom is 0.338 e. The van der Waals surface area contributed by atoms with Crippen LogP contribution in [0.2, 0.25) is 0 Å². The van der Waals surface area contributed by atoms with Gasteiger partial charge in [-0.15, -0.1) is 0 Å². The average molecular weight is 372 g/mol. The Morgan fingerprint density at radius 3 is 2.22 bits per heavy atom. The molecular formula is C21H24O6. The number of ether oxygens (including phenoxy) is 4. The SMILES string of the molecule is COC(=O)C[C@H](OCOCc1ccccc1)[C@@H](C)OC(=O)c1ccccc1. The summed E-state index contributed by atoms with van der Waals surface area (Å²) in [5.41, 5.74) is 1.44. The fourth-order valence-electron chi connectivity index (χ4n) is 2.36. The van der Waals surface area contributed by atoms with E-state index in [0.29, 0.717) is 12.2 Å². The van der Waals surface area contributed by atoms with Crippen molar-refractivity contribution in [3.63, 3.8) is 0 Å². The van der Waals surface area contributed by atoms with E-state index in [-0.39, 0.29) is 13.2 Å². The van der Waals surface area contributed by atoms with Gasteiger partial charge in [0, 0.05) is 0 Å². The Morgan fingerprint density at radius 2 is 1.59 bits per heavy atom. The molecule has 0 saturated heterocycles. The van der Waals surface area contributed by atoms with Crippen molar-refractivity contribution in [1.29, 1.82) is 0 Å². The number of carbonyl (C=O) groups excluding carboxylic acids is 2. The van der Waals surface area contributed by atoms with Crippen molar-refractivity contribution in [3.8, 4) is 0 Å². The number of hydrogen-bond donors (Lipinski definition) is 0. The molecule has 0 radical (unpaired) electrons. The largest absolute Gasteiger partial charge is 0.469 e. The van der Waals surface area contributed by atoms with Crippen molar-refractivity contribution in [2.45, 2.75) is 32.2 Å². The molecule has 0 unspecified atom stereocenters. The van der Waals surface area contributed by atoms with Crippen molar-refractivity contribution >= 4 is 11.9 Å². The Kier molecular flexibility index (Phi) is 8.48. The lowest BCUT2D eigenvalue weighted by Gasteiger charge is -2.23. The molecule has 0 aliphatic heterocycles. The molecule has 2 aromatic carbocycles. The van der Waals surface area contributed by atoms with Crippen LogP contribution in [0.5, 0.6) is 0 Å². The molecule has 2 atom stereocenters. The first kappa shape index (κ1) is 20.6. The Balaban J connectivity index is 1.87. The van der Waals surface area contributed by atoms with E-state index in [9.17, 15) is 9.59 Å². The number of esters is 2. The van der Waals surface area contributed by atoms with Gasteiger partial charge in [0.1, 0.15) is 19.0 Å². The number of hydrogen-bond acceptors (Lipinski definition) is 6. The number of rotatable bonds is 10. The third kappa shape index (κ3) is 7.21. The van der Waals surface area contributed by atoms with Crippen LogP contribution in [0.4, 0.5) is 0 Å². The lowest BCUT2D eigenvalue weighted by atomic mass is 10.1. The molecule has 0 N–H and O–H groups in total. The van der Waals surface area contributed by atoms with Gasteiger partial charge < -0.3 is 18.9 Å². The van der Waals surface area contributed by atoms with Crippen molar-refractivity contribution in [3.05, 3.63) is 71.8 Å². The lowest BCUT2D eigenvalue weighted by molar-refractivity contribution is -0.156. The third-order valence-corrected chi connectivity index (χ3v) is 3.90. The first-order chi connectivity index (χ1) is 13.1. The summed E-state index contributed by atoms with van der Waals surface area (Å²) in [4.78, 5) is 23.9. The molecule has 144 valence electrons. The monoisotopic (exact) mass is 372 g/mol. The van der Waals surface area contributed by atoms with Gasteiger partial charge in [0.25, 0.3) is 0 Å². The van der Waals surface area contributed by atoms with Crippen LogP contribution in [0.15, 0.2) is 60.7 Å². The van der Waals surface area contributed by atoms with Gasteiger partial charge in [-0.3, -0.25) is 4.79 Å². The molecule has 6 nitrogen and oxygen atoms in total. The molecule has 0 aliphatic rings. The zero-order valence-electron chi connectivity index (χ0n) is 15.5. The van der Waals surface area contributed by atoms with Gasteiger partial charge in [0.05, 0.1) is 25.7 Å². The van der Waals surface area contributed by atoms with Crippen LogP contribution >= 0.6 is 0 Å². The van der Waals surface area contributed by atoms with Gasteiger partial charge in [-0.25, -0.2) is 4.79 Å². The molecule has 0 heterocycles. The second kappa shape index (κ2) is 11.1. The number of methoxy groups -OCH3 is 1. The van der Waals surface area contributed by atoms with Crippen molar-refractivity contribution < 1.29 is 28.5 Å². The summed E-state index contributed by atoms with van der Waals surface area (Å²) in [6.45, 7) is 2.01. The van der Waals surface area contributed by atoms with E-state index in [0.717, 1.165) is 5.56 Å². The van der Waals surface area contributed by atoms with E-state index in [4.69, 9.17) is 18.9 Å². The zero-order valence-corrected chi connectivity index (χ0v) is 15.5. The summed E-state index contributed by atoms with van der Waals surface area (Å²) >= 11 is 0. The first-order valence-corrected chi connectivity index (χ1v) is 8.66. The highest BCUT2D eigenvalue weighted by Gasteiger charge is 2.25. The van der Waals surface area contributed by atoms with Crippen LogP contribution in [0.1, 0.15) is 29.3 Å². The average Bonchev–Trinajstić information content (AvgIpc) is 2.71. The highest BCUT2D eigenvalue weighted by atomic mass is 16.7. The second-order valence-corrected chi connectivity index (χ2v) is 5.91.